The van der Waals surface area contributed by atoms with Gasteiger partial charge in [0.25, 0.3) is 5.91 Å². The molecule has 0 saturated carbocycles. The number of nitrogens with two attached hydrogens (primary N) is 1. The third-order valence-corrected chi connectivity index (χ3v) is 5.85. The molecular weight excluding hydrogens is 440 g/mol. The number of anilines is 1. The monoisotopic (exact) mass is 459 g/mol. The highest BCUT2D eigenvalue weighted by Crippen LogP contribution is 2.30. The molecule has 1 fully saturated rings. The van der Waals surface area contributed by atoms with Crippen molar-refractivity contribution in [3.8, 4) is 16.3 Å². The van der Waals surface area contributed by atoms with Gasteiger partial charge in [0.1, 0.15) is 39.9 Å². The number of hydrogen-bond acceptors (Lipinski definition) is 6. The van der Waals surface area contributed by atoms with Crippen molar-refractivity contribution in [2.75, 3.05) is 18.4 Å². The molecule has 11 heteroatoms. The Balaban J connectivity index is 1.46. The number of carbonyl (C=O) groups is 2. The van der Waals surface area contributed by atoms with E-state index in [0.29, 0.717) is 37.4 Å². The molecule has 1 aliphatic heterocycles. The van der Waals surface area contributed by atoms with E-state index in [1.54, 1.807) is 11.0 Å². The van der Waals surface area contributed by atoms with Crippen LogP contribution in [-0.2, 0) is 0 Å². The molecule has 1 aliphatic rings. The first-order chi connectivity index (χ1) is 15.4. The summed E-state index contributed by atoms with van der Waals surface area (Å²) in [5, 5.41) is 4.17. The smallest absolute Gasteiger partial charge is 0.314 e. The number of benzene rings is 1. The van der Waals surface area contributed by atoms with E-state index in [9.17, 15) is 18.4 Å². The number of ether oxygens (including phenoxy) is 1. The summed E-state index contributed by atoms with van der Waals surface area (Å²) in [5.41, 5.74) is 5.37. The normalized spacial score (nSPS) is 14.2. The number of hydrogen-bond donors (Lipinski definition) is 2. The number of halogens is 2. The van der Waals surface area contributed by atoms with Crippen LogP contribution in [0.1, 0.15) is 23.3 Å². The molecular formula is C21H19F2N5O3S. The lowest BCUT2D eigenvalue weighted by molar-refractivity contribution is 0.101. The number of aromatic nitrogens is 2. The molecule has 0 atom stereocenters. The summed E-state index contributed by atoms with van der Waals surface area (Å²) in [4.78, 5) is 33.6. The van der Waals surface area contributed by atoms with Crippen LogP contribution in [0.25, 0.3) is 10.6 Å². The van der Waals surface area contributed by atoms with Crippen LogP contribution in [-0.4, -0.2) is 46.0 Å². The number of carbonyl (C=O) groups excluding carboxylic acids is 2. The summed E-state index contributed by atoms with van der Waals surface area (Å²) in [6, 6.07) is 4.69. The van der Waals surface area contributed by atoms with Gasteiger partial charge in [-0.2, -0.15) is 0 Å². The first kappa shape index (κ1) is 21.6. The van der Waals surface area contributed by atoms with Gasteiger partial charge in [0, 0.05) is 43.6 Å². The van der Waals surface area contributed by atoms with Crippen LogP contribution in [0.15, 0.2) is 42.0 Å². The lowest BCUT2D eigenvalue weighted by Gasteiger charge is -2.31. The Hall–Kier alpha value is -3.60. The number of primary amides is 1. The molecule has 8 nitrogen and oxygen atoms in total. The third-order valence-electron chi connectivity index (χ3n) is 4.99. The summed E-state index contributed by atoms with van der Waals surface area (Å²) >= 11 is 0.964. The van der Waals surface area contributed by atoms with Gasteiger partial charge >= 0.3 is 6.03 Å². The van der Waals surface area contributed by atoms with Crippen molar-refractivity contribution < 1.29 is 23.1 Å². The summed E-state index contributed by atoms with van der Waals surface area (Å²) < 4.78 is 34.0. The molecule has 0 aliphatic carbocycles. The molecule has 4 rings (SSSR count). The standard InChI is InChI=1S/C21H19F2N5O3S/c22-13-2-1-3-14(23)18(13)20-27-16(11-32-20)19(29)26-15-10-25-7-4-17(15)31-12-5-8-28(9-6-12)21(24)30/h1-4,7,10-12H,5-6,8-9H2,(H2,24,30)(H,26,29). The molecule has 1 aromatic carbocycles. The second kappa shape index (κ2) is 9.27. The number of pyridine rings is 1. The summed E-state index contributed by atoms with van der Waals surface area (Å²) in [6.07, 6.45) is 4.02. The Morgan fingerprint density at radius 3 is 2.59 bits per heavy atom. The summed E-state index contributed by atoms with van der Waals surface area (Å²) in [7, 11) is 0. The second-order valence-corrected chi connectivity index (χ2v) is 7.96. The van der Waals surface area contributed by atoms with E-state index < -0.39 is 23.6 Å². The Labute approximate surface area is 186 Å². The predicted molar refractivity (Wildman–Crippen MR) is 114 cm³/mol. The molecule has 3 aromatic rings. The zero-order valence-electron chi connectivity index (χ0n) is 16.8. The maximum Gasteiger partial charge on any atom is 0.314 e. The van der Waals surface area contributed by atoms with Crippen LogP contribution in [0.4, 0.5) is 19.3 Å². The molecule has 3 amide bonds. The van der Waals surface area contributed by atoms with Crippen molar-refractivity contribution in [2.24, 2.45) is 5.73 Å². The Morgan fingerprint density at radius 2 is 1.91 bits per heavy atom. The quantitative estimate of drug-likeness (QED) is 0.605. The number of rotatable bonds is 5. The molecule has 0 unspecified atom stereocenters. The zero-order chi connectivity index (χ0) is 22.7. The van der Waals surface area contributed by atoms with Gasteiger partial charge in [0.15, 0.2) is 0 Å². The van der Waals surface area contributed by atoms with Crippen LogP contribution in [0.3, 0.4) is 0 Å². The Bertz CT molecular complexity index is 1130. The van der Waals surface area contributed by atoms with Crippen molar-refractivity contribution >= 4 is 29.0 Å². The zero-order valence-corrected chi connectivity index (χ0v) is 17.6. The molecule has 0 spiro atoms. The SMILES string of the molecule is NC(=O)N1CCC(Oc2ccncc2NC(=O)c2csc(-c3c(F)cccc3F)n2)CC1. The average molecular weight is 459 g/mol. The number of amides is 3. The second-order valence-electron chi connectivity index (χ2n) is 7.10. The molecule has 0 bridgehead atoms. The summed E-state index contributed by atoms with van der Waals surface area (Å²) in [6.45, 7) is 0.974. The van der Waals surface area contributed by atoms with Gasteiger partial charge in [-0.15, -0.1) is 11.3 Å². The average Bonchev–Trinajstić information content (AvgIpc) is 3.25. The molecule has 1 saturated heterocycles. The van der Waals surface area contributed by atoms with E-state index in [1.165, 1.54) is 23.8 Å². The van der Waals surface area contributed by atoms with Gasteiger partial charge in [0.2, 0.25) is 0 Å². The number of nitrogens with zero attached hydrogens (tertiary/aromatic N) is 3. The minimum atomic E-state index is -0.753. The first-order valence-corrected chi connectivity index (χ1v) is 10.7. The van der Waals surface area contributed by atoms with Gasteiger partial charge in [-0.25, -0.2) is 18.6 Å². The van der Waals surface area contributed by atoms with Gasteiger partial charge < -0.3 is 20.7 Å². The lowest BCUT2D eigenvalue weighted by atomic mass is 10.1. The fourth-order valence-electron chi connectivity index (χ4n) is 3.33. The minimum absolute atomic E-state index is 0.0113. The first-order valence-electron chi connectivity index (χ1n) is 9.78. The van der Waals surface area contributed by atoms with Crippen molar-refractivity contribution in [1.82, 2.24) is 14.9 Å². The van der Waals surface area contributed by atoms with E-state index in [2.05, 4.69) is 15.3 Å². The highest BCUT2D eigenvalue weighted by molar-refractivity contribution is 7.13. The minimum Gasteiger partial charge on any atom is -0.488 e. The number of thiazole rings is 1. The van der Waals surface area contributed by atoms with Gasteiger partial charge in [0.05, 0.1) is 11.8 Å². The molecule has 2 aromatic heterocycles. The maximum atomic E-state index is 14.0. The van der Waals surface area contributed by atoms with Gasteiger partial charge in [-0.3, -0.25) is 9.78 Å². The van der Waals surface area contributed by atoms with E-state index in [-0.39, 0.29) is 22.4 Å². The summed E-state index contributed by atoms with van der Waals surface area (Å²) in [5.74, 6) is -1.65. The Morgan fingerprint density at radius 1 is 1.19 bits per heavy atom. The van der Waals surface area contributed by atoms with Crippen LogP contribution >= 0.6 is 11.3 Å². The molecule has 3 heterocycles. The van der Waals surface area contributed by atoms with Crippen molar-refractivity contribution in [1.29, 1.82) is 0 Å². The van der Waals surface area contributed by atoms with Crippen LogP contribution < -0.4 is 15.8 Å². The van der Waals surface area contributed by atoms with E-state index in [1.807, 2.05) is 0 Å². The van der Waals surface area contributed by atoms with E-state index >= 15 is 0 Å². The van der Waals surface area contributed by atoms with Crippen LogP contribution in [0.5, 0.6) is 5.75 Å². The highest BCUT2D eigenvalue weighted by Gasteiger charge is 2.24. The largest absolute Gasteiger partial charge is 0.488 e. The van der Waals surface area contributed by atoms with E-state index in [4.69, 9.17) is 10.5 Å². The van der Waals surface area contributed by atoms with Crippen molar-refractivity contribution in [2.45, 2.75) is 18.9 Å². The Kier molecular flexibility index (Phi) is 6.26. The van der Waals surface area contributed by atoms with Crippen molar-refractivity contribution in [3.05, 3.63) is 59.4 Å². The van der Waals surface area contributed by atoms with Gasteiger partial charge in [-0.05, 0) is 12.1 Å². The number of piperidine rings is 1. The maximum absolute atomic E-state index is 14.0. The van der Waals surface area contributed by atoms with Crippen LogP contribution in [0, 0.1) is 11.6 Å². The lowest BCUT2D eigenvalue weighted by Crippen LogP contribution is -2.44. The predicted octanol–water partition coefficient (Wildman–Crippen LogP) is 3.66. The molecule has 0 radical (unpaired) electrons. The van der Waals surface area contributed by atoms with E-state index in [0.717, 1.165) is 23.5 Å². The number of nitrogens with one attached hydrogen (secondary N) is 1. The molecule has 32 heavy (non-hydrogen) atoms. The third kappa shape index (κ3) is 4.67. The fourth-order valence-corrected chi connectivity index (χ4v) is 4.18. The number of urea groups is 1. The van der Waals surface area contributed by atoms with Crippen LogP contribution in [0.2, 0.25) is 0 Å². The highest BCUT2D eigenvalue weighted by atomic mass is 32.1. The van der Waals surface area contributed by atoms with Gasteiger partial charge in [-0.1, -0.05) is 6.07 Å². The topological polar surface area (TPSA) is 110 Å². The van der Waals surface area contributed by atoms with Crippen molar-refractivity contribution in [3.63, 3.8) is 0 Å². The molecule has 3 N–H and O–H groups in total. The number of likely N-dealkylation sites (tertiary alicyclic amines) is 1. The fraction of sp³-hybridized carbons (Fsp3) is 0.238. The molecule has 166 valence electrons.